The van der Waals surface area contributed by atoms with Crippen molar-refractivity contribution in [1.82, 2.24) is 20.4 Å². The number of alkyl halides is 2. The van der Waals surface area contributed by atoms with Gasteiger partial charge in [0, 0.05) is 43.6 Å². The molecule has 0 saturated carbocycles. The summed E-state index contributed by atoms with van der Waals surface area (Å²) < 4.78 is 27.8. The fourth-order valence-electron chi connectivity index (χ4n) is 6.45. The highest BCUT2D eigenvalue weighted by Crippen LogP contribution is 2.39. The van der Waals surface area contributed by atoms with E-state index >= 15 is 0 Å². The van der Waals surface area contributed by atoms with Crippen LogP contribution in [0, 0.1) is 22.7 Å². The predicted molar refractivity (Wildman–Crippen MR) is 142 cm³/mol. The van der Waals surface area contributed by atoms with Crippen LogP contribution in [0.5, 0.6) is 0 Å². The second kappa shape index (κ2) is 11.6. The SMILES string of the molecule is CC(=N)N(C(=N)C(C)C)C1CC2CC[C@@H](C1)N2CC[C@H](NC(=O)C1CNCC(F)(F)C1)c1ccccc1. The highest BCUT2D eigenvalue weighted by atomic mass is 19.3. The van der Waals surface area contributed by atoms with Crippen LogP contribution in [0.1, 0.15) is 70.9 Å². The van der Waals surface area contributed by atoms with Gasteiger partial charge in [0.15, 0.2) is 0 Å². The molecule has 7 nitrogen and oxygen atoms in total. The molecular weight excluding hydrogens is 474 g/mol. The first-order chi connectivity index (χ1) is 17.6. The Morgan fingerprint density at radius 3 is 2.41 bits per heavy atom. The number of nitrogens with one attached hydrogen (secondary N) is 4. The lowest BCUT2D eigenvalue weighted by atomic mass is 9.93. The van der Waals surface area contributed by atoms with E-state index in [-0.39, 0.29) is 37.0 Å². The van der Waals surface area contributed by atoms with Crippen molar-refractivity contribution in [2.24, 2.45) is 11.8 Å². The fraction of sp³-hybridized carbons (Fsp3) is 0.679. The smallest absolute Gasteiger partial charge is 0.261 e. The summed E-state index contributed by atoms with van der Waals surface area (Å²) in [5.41, 5.74) is 0.990. The molecule has 1 aromatic carbocycles. The second-order valence-corrected chi connectivity index (χ2v) is 11.4. The zero-order valence-corrected chi connectivity index (χ0v) is 22.3. The molecule has 0 aliphatic carbocycles. The number of amides is 1. The quantitative estimate of drug-likeness (QED) is 0.304. The first-order valence-electron chi connectivity index (χ1n) is 13.7. The van der Waals surface area contributed by atoms with Crippen LogP contribution in [0.15, 0.2) is 30.3 Å². The van der Waals surface area contributed by atoms with E-state index in [0.717, 1.165) is 37.8 Å². The van der Waals surface area contributed by atoms with Crippen molar-refractivity contribution in [2.75, 3.05) is 19.6 Å². The molecule has 3 heterocycles. The molecule has 0 aromatic heterocycles. The van der Waals surface area contributed by atoms with Crippen molar-refractivity contribution in [3.63, 3.8) is 0 Å². The number of benzene rings is 1. The maximum absolute atomic E-state index is 13.9. The number of rotatable bonds is 8. The van der Waals surface area contributed by atoms with Gasteiger partial charge in [-0.15, -0.1) is 0 Å². The van der Waals surface area contributed by atoms with E-state index < -0.39 is 18.3 Å². The molecule has 3 saturated heterocycles. The molecule has 9 heteroatoms. The van der Waals surface area contributed by atoms with Crippen LogP contribution in [0.2, 0.25) is 0 Å². The van der Waals surface area contributed by atoms with Crippen molar-refractivity contribution in [3.8, 4) is 0 Å². The zero-order chi connectivity index (χ0) is 26.7. The first kappa shape index (κ1) is 27.6. The minimum atomic E-state index is -2.86. The molecule has 3 aliphatic rings. The Bertz CT molecular complexity index is 957. The van der Waals surface area contributed by atoms with Crippen LogP contribution < -0.4 is 10.6 Å². The van der Waals surface area contributed by atoms with Crippen LogP contribution >= 0.6 is 0 Å². The standard InChI is InChI=1S/C28H42F2N6O/c1-18(2)26(32)36(19(3)31)24-13-22-9-10-23(14-24)35(22)12-11-25(20-7-5-4-6-8-20)34-27(37)21-15-28(29,30)17-33-16-21/h4-8,18,21-25,31-33H,9-17H2,1-3H3,(H,34,37)/t21?,22-,23?,24?,25-/m0/s1. The molecule has 5 atom stereocenters. The maximum atomic E-state index is 13.9. The molecule has 204 valence electrons. The number of hydrogen-bond donors (Lipinski definition) is 4. The highest BCUT2D eigenvalue weighted by Gasteiger charge is 2.44. The Hall–Kier alpha value is -2.39. The van der Waals surface area contributed by atoms with Crippen molar-refractivity contribution in [2.45, 2.75) is 89.4 Å². The van der Waals surface area contributed by atoms with Crippen molar-refractivity contribution >= 4 is 17.6 Å². The van der Waals surface area contributed by atoms with E-state index in [4.69, 9.17) is 10.8 Å². The Morgan fingerprint density at radius 2 is 1.84 bits per heavy atom. The van der Waals surface area contributed by atoms with Crippen LogP contribution in [0.3, 0.4) is 0 Å². The second-order valence-electron chi connectivity index (χ2n) is 11.4. The summed E-state index contributed by atoms with van der Waals surface area (Å²) in [6, 6.07) is 10.5. The molecule has 0 spiro atoms. The van der Waals surface area contributed by atoms with Gasteiger partial charge in [0.05, 0.1) is 24.3 Å². The lowest BCUT2D eigenvalue weighted by molar-refractivity contribution is -0.131. The molecule has 3 unspecified atom stereocenters. The Balaban J connectivity index is 1.42. The third-order valence-electron chi connectivity index (χ3n) is 8.28. The third kappa shape index (κ3) is 6.55. The summed E-state index contributed by atoms with van der Waals surface area (Å²) in [4.78, 5) is 17.5. The van der Waals surface area contributed by atoms with E-state index in [9.17, 15) is 13.6 Å². The maximum Gasteiger partial charge on any atom is 0.261 e. The molecule has 4 rings (SSSR count). The monoisotopic (exact) mass is 516 g/mol. The molecule has 37 heavy (non-hydrogen) atoms. The normalized spacial score (nSPS) is 28.1. The molecule has 1 aromatic rings. The Labute approximate surface area is 219 Å². The number of fused-ring (bicyclic) bond motifs is 2. The van der Waals surface area contributed by atoms with Crippen molar-refractivity contribution < 1.29 is 13.6 Å². The van der Waals surface area contributed by atoms with Crippen LogP contribution in [-0.2, 0) is 4.79 Å². The molecule has 2 bridgehead atoms. The zero-order valence-electron chi connectivity index (χ0n) is 22.3. The summed E-state index contributed by atoms with van der Waals surface area (Å²) in [5, 5.41) is 22.7. The first-order valence-corrected chi connectivity index (χ1v) is 13.7. The molecule has 3 fully saturated rings. The number of amidine groups is 2. The van der Waals surface area contributed by atoms with E-state index in [1.54, 1.807) is 6.92 Å². The summed E-state index contributed by atoms with van der Waals surface area (Å²) in [6.45, 7) is 6.50. The number of carbonyl (C=O) groups is 1. The summed E-state index contributed by atoms with van der Waals surface area (Å²) in [5.74, 6) is -2.89. The van der Waals surface area contributed by atoms with Crippen molar-refractivity contribution in [3.05, 3.63) is 35.9 Å². The minimum Gasteiger partial charge on any atom is -0.349 e. The number of piperidine rings is 2. The Kier molecular flexibility index (Phi) is 8.63. The van der Waals surface area contributed by atoms with E-state index in [1.165, 1.54) is 0 Å². The summed E-state index contributed by atoms with van der Waals surface area (Å²) in [6.07, 6.45) is 4.34. The number of halogens is 2. The van der Waals surface area contributed by atoms with Gasteiger partial charge in [-0.2, -0.15) is 0 Å². The number of carbonyl (C=O) groups excluding carboxylic acids is 1. The summed E-state index contributed by atoms with van der Waals surface area (Å²) >= 11 is 0. The van der Waals surface area contributed by atoms with Gasteiger partial charge in [-0.25, -0.2) is 8.78 Å². The number of nitrogens with zero attached hydrogens (tertiary/aromatic N) is 2. The van der Waals surface area contributed by atoms with E-state index in [0.29, 0.717) is 30.2 Å². The van der Waals surface area contributed by atoms with Crippen LogP contribution in [-0.4, -0.2) is 71.1 Å². The highest BCUT2D eigenvalue weighted by molar-refractivity contribution is 5.98. The van der Waals surface area contributed by atoms with Gasteiger partial charge in [-0.05, 0) is 44.6 Å². The fourth-order valence-corrected chi connectivity index (χ4v) is 6.45. The average molecular weight is 517 g/mol. The molecule has 1 amide bonds. The predicted octanol–water partition coefficient (Wildman–Crippen LogP) is 4.41. The van der Waals surface area contributed by atoms with Gasteiger partial charge in [-0.3, -0.25) is 20.5 Å². The van der Waals surface area contributed by atoms with Crippen LogP contribution in [0.4, 0.5) is 8.78 Å². The van der Waals surface area contributed by atoms with Gasteiger partial charge < -0.3 is 15.5 Å². The topological polar surface area (TPSA) is 95.3 Å². The average Bonchev–Trinajstić information content (AvgIpc) is 3.08. The summed E-state index contributed by atoms with van der Waals surface area (Å²) in [7, 11) is 0. The Morgan fingerprint density at radius 1 is 1.19 bits per heavy atom. The lowest BCUT2D eigenvalue weighted by Crippen LogP contribution is -2.54. The van der Waals surface area contributed by atoms with Gasteiger partial charge in [0.1, 0.15) is 5.84 Å². The van der Waals surface area contributed by atoms with Gasteiger partial charge in [-0.1, -0.05) is 44.2 Å². The molecule has 0 radical (unpaired) electrons. The van der Waals surface area contributed by atoms with Crippen molar-refractivity contribution in [1.29, 1.82) is 10.8 Å². The van der Waals surface area contributed by atoms with Crippen LogP contribution in [0.25, 0.3) is 0 Å². The minimum absolute atomic E-state index is 0.0746. The van der Waals surface area contributed by atoms with Gasteiger partial charge >= 0.3 is 0 Å². The van der Waals surface area contributed by atoms with E-state index in [1.807, 2.05) is 49.1 Å². The molecular formula is C28H42F2N6O. The van der Waals surface area contributed by atoms with Gasteiger partial charge in [0.25, 0.3) is 5.92 Å². The third-order valence-corrected chi connectivity index (χ3v) is 8.28. The molecule has 4 N–H and O–H groups in total. The largest absolute Gasteiger partial charge is 0.349 e. The number of hydrogen-bond acceptors (Lipinski definition) is 5. The lowest BCUT2D eigenvalue weighted by Gasteiger charge is -2.44. The van der Waals surface area contributed by atoms with E-state index in [2.05, 4.69) is 15.5 Å². The van der Waals surface area contributed by atoms with Gasteiger partial charge in [0.2, 0.25) is 5.91 Å². The molecule has 3 aliphatic heterocycles.